The highest BCUT2D eigenvalue weighted by atomic mass is 32.1. The van der Waals surface area contributed by atoms with Crippen LogP contribution in [0.4, 0.5) is 0 Å². The number of aromatic nitrogens is 1. The fraction of sp³-hybridized carbons (Fsp3) is 0.812. The van der Waals surface area contributed by atoms with Gasteiger partial charge in [0.2, 0.25) is 0 Å². The lowest BCUT2D eigenvalue weighted by Crippen LogP contribution is -2.29. The third-order valence-electron chi connectivity index (χ3n) is 4.90. The molecule has 0 spiro atoms. The van der Waals surface area contributed by atoms with Crippen LogP contribution in [-0.4, -0.2) is 17.6 Å². The van der Waals surface area contributed by atoms with Gasteiger partial charge in [0, 0.05) is 10.9 Å². The second kappa shape index (κ2) is 6.36. The van der Waals surface area contributed by atoms with E-state index in [1.54, 1.807) is 0 Å². The molecule has 0 amide bonds. The predicted molar refractivity (Wildman–Crippen MR) is 81.6 cm³/mol. The minimum atomic E-state index is 0.856. The molecule has 19 heavy (non-hydrogen) atoms. The third kappa shape index (κ3) is 3.79. The second-order valence-corrected chi connectivity index (χ2v) is 7.33. The van der Waals surface area contributed by atoms with Gasteiger partial charge < -0.3 is 5.32 Å². The van der Waals surface area contributed by atoms with Crippen molar-refractivity contribution in [1.82, 2.24) is 10.3 Å². The van der Waals surface area contributed by atoms with E-state index in [-0.39, 0.29) is 0 Å². The molecule has 1 unspecified atom stereocenters. The van der Waals surface area contributed by atoms with Gasteiger partial charge in [-0.1, -0.05) is 25.7 Å². The first-order chi connectivity index (χ1) is 9.33. The highest BCUT2D eigenvalue weighted by molar-refractivity contribution is 7.09. The summed E-state index contributed by atoms with van der Waals surface area (Å²) in [6, 6.07) is 0.856. The SMILES string of the molecule is Cc1ncsc1CCC(CNC1CC1)C1CCCC1. The number of thiazole rings is 1. The molecule has 1 N–H and O–H groups in total. The van der Waals surface area contributed by atoms with Crippen molar-refractivity contribution in [3.63, 3.8) is 0 Å². The summed E-state index contributed by atoms with van der Waals surface area (Å²) in [4.78, 5) is 5.89. The molecule has 2 fully saturated rings. The van der Waals surface area contributed by atoms with Crippen LogP contribution in [0, 0.1) is 18.8 Å². The van der Waals surface area contributed by atoms with Crippen molar-refractivity contribution >= 4 is 11.3 Å². The van der Waals surface area contributed by atoms with Crippen LogP contribution in [0.25, 0.3) is 0 Å². The lowest BCUT2D eigenvalue weighted by Gasteiger charge is -2.24. The average molecular weight is 278 g/mol. The Morgan fingerprint density at radius 1 is 1.32 bits per heavy atom. The van der Waals surface area contributed by atoms with Crippen molar-refractivity contribution in [2.75, 3.05) is 6.54 Å². The lowest BCUT2D eigenvalue weighted by atomic mass is 9.86. The van der Waals surface area contributed by atoms with E-state index in [1.807, 2.05) is 16.8 Å². The second-order valence-electron chi connectivity index (χ2n) is 6.39. The van der Waals surface area contributed by atoms with E-state index in [2.05, 4.69) is 17.2 Å². The van der Waals surface area contributed by atoms with Crippen LogP contribution in [0.5, 0.6) is 0 Å². The van der Waals surface area contributed by atoms with Crippen molar-refractivity contribution in [3.8, 4) is 0 Å². The van der Waals surface area contributed by atoms with Crippen molar-refractivity contribution in [1.29, 1.82) is 0 Å². The summed E-state index contributed by atoms with van der Waals surface area (Å²) >= 11 is 1.84. The zero-order valence-electron chi connectivity index (χ0n) is 12.0. The van der Waals surface area contributed by atoms with Gasteiger partial charge in [0.25, 0.3) is 0 Å². The van der Waals surface area contributed by atoms with E-state index in [4.69, 9.17) is 0 Å². The highest BCUT2D eigenvalue weighted by Gasteiger charge is 2.27. The average Bonchev–Trinajstić information content (AvgIpc) is 2.90. The van der Waals surface area contributed by atoms with Crippen LogP contribution in [-0.2, 0) is 6.42 Å². The Morgan fingerprint density at radius 2 is 2.11 bits per heavy atom. The quantitative estimate of drug-likeness (QED) is 0.817. The molecule has 2 saturated carbocycles. The number of rotatable bonds is 7. The largest absolute Gasteiger partial charge is 0.314 e. The van der Waals surface area contributed by atoms with E-state index < -0.39 is 0 Å². The summed E-state index contributed by atoms with van der Waals surface area (Å²) in [7, 11) is 0. The molecule has 0 bridgehead atoms. The van der Waals surface area contributed by atoms with Crippen LogP contribution in [0.3, 0.4) is 0 Å². The smallest absolute Gasteiger partial charge is 0.0797 e. The van der Waals surface area contributed by atoms with E-state index >= 15 is 0 Å². The normalized spacial score (nSPS) is 21.9. The fourth-order valence-corrected chi connectivity index (χ4v) is 4.22. The minimum absolute atomic E-state index is 0.856. The monoisotopic (exact) mass is 278 g/mol. The molecule has 2 aliphatic carbocycles. The first kappa shape index (κ1) is 13.6. The maximum Gasteiger partial charge on any atom is 0.0797 e. The van der Waals surface area contributed by atoms with Crippen molar-refractivity contribution in [2.45, 2.75) is 64.3 Å². The Balaban J connectivity index is 1.52. The van der Waals surface area contributed by atoms with Gasteiger partial charge in [0.15, 0.2) is 0 Å². The Bertz CT molecular complexity index is 391. The molecule has 3 rings (SSSR count). The Kier molecular flexibility index (Phi) is 4.54. The molecule has 0 saturated heterocycles. The molecule has 2 nitrogen and oxygen atoms in total. The Morgan fingerprint density at radius 3 is 2.74 bits per heavy atom. The van der Waals surface area contributed by atoms with Gasteiger partial charge in [-0.15, -0.1) is 11.3 Å². The molecule has 106 valence electrons. The zero-order chi connectivity index (χ0) is 13.1. The van der Waals surface area contributed by atoms with Gasteiger partial charge in [0.1, 0.15) is 0 Å². The summed E-state index contributed by atoms with van der Waals surface area (Å²) < 4.78 is 0. The number of hydrogen-bond acceptors (Lipinski definition) is 3. The summed E-state index contributed by atoms with van der Waals surface area (Å²) in [5.41, 5.74) is 3.25. The third-order valence-corrected chi connectivity index (χ3v) is 5.89. The van der Waals surface area contributed by atoms with Crippen molar-refractivity contribution < 1.29 is 0 Å². The van der Waals surface area contributed by atoms with Gasteiger partial charge in [-0.3, -0.25) is 0 Å². The number of aryl methyl sites for hydroxylation is 2. The number of nitrogens with one attached hydrogen (secondary N) is 1. The van der Waals surface area contributed by atoms with E-state index in [9.17, 15) is 0 Å². The Labute approximate surface area is 121 Å². The predicted octanol–water partition coefficient (Wildman–Crippen LogP) is 3.94. The molecule has 0 aliphatic heterocycles. The number of nitrogens with zero attached hydrogens (tertiary/aromatic N) is 1. The molecular weight excluding hydrogens is 252 g/mol. The molecule has 1 atom stereocenters. The van der Waals surface area contributed by atoms with Crippen LogP contribution in [0.2, 0.25) is 0 Å². The van der Waals surface area contributed by atoms with Gasteiger partial charge >= 0.3 is 0 Å². The van der Waals surface area contributed by atoms with Crippen molar-refractivity contribution in [3.05, 3.63) is 16.1 Å². The molecule has 1 aromatic heterocycles. The summed E-state index contributed by atoms with van der Waals surface area (Å²) in [5.74, 6) is 1.88. The molecule has 2 aliphatic rings. The van der Waals surface area contributed by atoms with Crippen LogP contribution in [0.15, 0.2) is 5.51 Å². The standard InChI is InChI=1S/C16H26N2S/c1-12-16(19-11-18-12)9-6-14(10-17-15-7-8-15)13-4-2-3-5-13/h11,13-15,17H,2-10H2,1H3. The molecule has 3 heteroatoms. The fourth-order valence-electron chi connectivity index (χ4n) is 3.42. The van der Waals surface area contributed by atoms with Gasteiger partial charge in [-0.2, -0.15) is 0 Å². The molecule has 0 radical (unpaired) electrons. The van der Waals surface area contributed by atoms with Gasteiger partial charge in [-0.05, 0) is 51.0 Å². The van der Waals surface area contributed by atoms with Crippen LogP contribution in [0.1, 0.15) is 55.5 Å². The maximum atomic E-state index is 4.38. The van der Waals surface area contributed by atoms with E-state index in [0.717, 1.165) is 17.9 Å². The summed E-state index contributed by atoms with van der Waals surface area (Å²) in [6.45, 7) is 3.41. The molecule has 0 aromatic carbocycles. The van der Waals surface area contributed by atoms with Crippen LogP contribution < -0.4 is 5.32 Å². The molecule has 1 aromatic rings. The minimum Gasteiger partial charge on any atom is -0.314 e. The van der Waals surface area contributed by atoms with E-state index in [0.29, 0.717) is 0 Å². The Hall–Kier alpha value is -0.410. The van der Waals surface area contributed by atoms with Crippen LogP contribution >= 0.6 is 11.3 Å². The summed E-state index contributed by atoms with van der Waals surface area (Å²) in [5, 5.41) is 3.77. The molecular formula is C16H26N2S. The van der Waals surface area contributed by atoms with Crippen molar-refractivity contribution in [2.24, 2.45) is 11.8 Å². The first-order valence-electron chi connectivity index (χ1n) is 7.95. The topological polar surface area (TPSA) is 24.9 Å². The number of hydrogen-bond donors (Lipinski definition) is 1. The summed E-state index contributed by atoms with van der Waals surface area (Å²) in [6.07, 6.45) is 11.3. The van der Waals surface area contributed by atoms with Gasteiger partial charge in [-0.25, -0.2) is 4.98 Å². The van der Waals surface area contributed by atoms with Gasteiger partial charge in [0.05, 0.1) is 11.2 Å². The highest BCUT2D eigenvalue weighted by Crippen LogP contribution is 2.34. The zero-order valence-corrected chi connectivity index (χ0v) is 12.8. The molecule has 1 heterocycles. The van der Waals surface area contributed by atoms with E-state index in [1.165, 1.54) is 68.5 Å². The maximum absolute atomic E-state index is 4.38. The lowest BCUT2D eigenvalue weighted by molar-refractivity contribution is 0.304. The first-order valence-corrected chi connectivity index (χ1v) is 8.83.